The van der Waals surface area contributed by atoms with Gasteiger partial charge in [-0.2, -0.15) is 0 Å². The van der Waals surface area contributed by atoms with Crippen molar-refractivity contribution in [2.45, 2.75) is 6.92 Å². The summed E-state index contributed by atoms with van der Waals surface area (Å²) in [5, 5.41) is 10.4. The molecular formula is C5H10NO4P. The first kappa shape index (κ1) is 10.4. The predicted octanol–water partition coefficient (Wildman–Crippen LogP) is 0.380. The molecular weight excluding hydrogens is 169 g/mol. The van der Waals surface area contributed by atoms with Crippen molar-refractivity contribution >= 4 is 13.5 Å². The summed E-state index contributed by atoms with van der Waals surface area (Å²) in [6.07, 6.45) is 0. The fraction of sp³-hybridized carbons (Fsp3) is 0.400. The van der Waals surface area contributed by atoms with Gasteiger partial charge in [-0.15, -0.1) is 0 Å². The van der Waals surface area contributed by atoms with E-state index in [1.54, 1.807) is 0 Å². The highest BCUT2D eigenvalue weighted by molar-refractivity contribution is 7.59. The first-order valence-corrected chi connectivity index (χ1v) is 4.56. The molecule has 0 aromatic heterocycles. The molecule has 0 saturated heterocycles. The van der Waals surface area contributed by atoms with E-state index in [2.05, 4.69) is 5.09 Å². The van der Waals surface area contributed by atoms with Crippen LogP contribution in [0.4, 0.5) is 0 Å². The molecule has 1 atom stereocenters. The number of carbonyl (C=O) groups is 1. The van der Waals surface area contributed by atoms with Crippen molar-refractivity contribution in [1.82, 2.24) is 5.09 Å². The molecule has 0 saturated carbocycles. The van der Waals surface area contributed by atoms with Crippen molar-refractivity contribution in [2.75, 3.05) is 7.05 Å². The third-order valence-electron chi connectivity index (χ3n) is 1.03. The van der Waals surface area contributed by atoms with E-state index in [1.165, 1.54) is 14.0 Å². The Morgan fingerprint density at radius 2 is 2.09 bits per heavy atom. The van der Waals surface area contributed by atoms with Crippen LogP contribution in [0.15, 0.2) is 11.4 Å². The Morgan fingerprint density at radius 3 is 2.36 bits per heavy atom. The number of carboxylic acid groups (broad SMARTS) is 1. The van der Waals surface area contributed by atoms with E-state index in [-0.39, 0.29) is 5.57 Å². The molecule has 0 spiro atoms. The fourth-order valence-electron chi connectivity index (χ4n) is 0.382. The van der Waals surface area contributed by atoms with E-state index < -0.39 is 13.5 Å². The maximum absolute atomic E-state index is 10.8. The number of carboxylic acids is 1. The van der Waals surface area contributed by atoms with E-state index in [4.69, 9.17) is 10.00 Å². The Bertz CT molecular complexity index is 235. The van der Waals surface area contributed by atoms with Crippen LogP contribution in [-0.4, -0.2) is 23.0 Å². The van der Waals surface area contributed by atoms with Crippen molar-refractivity contribution in [3.8, 4) is 0 Å². The van der Waals surface area contributed by atoms with Crippen molar-refractivity contribution in [2.24, 2.45) is 0 Å². The van der Waals surface area contributed by atoms with Gasteiger partial charge in [0.2, 0.25) is 0 Å². The van der Waals surface area contributed by atoms with Crippen molar-refractivity contribution < 1.29 is 19.4 Å². The Labute approximate surface area is 64.2 Å². The molecule has 0 aliphatic heterocycles. The van der Waals surface area contributed by atoms with Gasteiger partial charge in [0, 0.05) is 11.4 Å². The highest BCUT2D eigenvalue weighted by Crippen LogP contribution is 2.37. The average Bonchev–Trinajstić information content (AvgIpc) is 1.87. The topological polar surface area (TPSA) is 86.6 Å². The lowest BCUT2D eigenvalue weighted by atomic mass is 10.4. The van der Waals surface area contributed by atoms with Crippen LogP contribution in [0.2, 0.25) is 0 Å². The average molecular weight is 179 g/mol. The smallest absolute Gasteiger partial charge is 0.331 e. The second-order valence-electron chi connectivity index (χ2n) is 1.96. The molecule has 0 radical (unpaired) electrons. The van der Waals surface area contributed by atoms with Gasteiger partial charge in [-0.25, -0.2) is 9.88 Å². The minimum absolute atomic E-state index is 0.148. The Kier molecular flexibility index (Phi) is 3.45. The lowest BCUT2D eigenvalue weighted by Crippen LogP contribution is -2.02. The molecule has 0 amide bonds. The molecule has 0 aromatic rings. The molecule has 0 aromatic carbocycles. The summed E-state index contributed by atoms with van der Waals surface area (Å²) in [5.41, 5.74) is -0.148. The third-order valence-corrected chi connectivity index (χ3v) is 2.40. The fourth-order valence-corrected chi connectivity index (χ4v) is 1.15. The number of aliphatic carboxylic acids is 1. The van der Waals surface area contributed by atoms with Gasteiger partial charge in [-0.3, -0.25) is 4.57 Å². The van der Waals surface area contributed by atoms with Crippen LogP contribution in [0.25, 0.3) is 0 Å². The summed E-state index contributed by atoms with van der Waals surface area (Å²) in [5.74, 6) is -0.399. The summed E-state index contributed by atoms with van der Waals surface area (Å²) < 4.78 is 10.8. The first-order valence-electron chi connectivity index (χ1n) is 2.83. The number of rotatable bonds is 3. The highest BCUT2D eigenvalue weighted by atomic mass is 31.2. The first-order chi connectivity index (χ1) is 4.89. The Balaban J connectivity index is 4.56. The molecule has 0 bridgehead atoms. The normalized spacial score (nSPS) is 17.5. The zero-order chi connectivity index (χ0) is 9.07. The van der Waals surface area contributed by atoms with Gasteiger partial charge in [0.1, 0.15) is 0 Å². The van der Waals surface area contributed by atoms with E-state index >= 15 is 0 Å². The Hall–Kier alpha value is -0.640. The molecule has 64 valence electrons. The van der Waals surface area contributed by atoms with E-state index in [9.17, 15) is 9.36 Å². The number of hydrogen-bond donors (Lipinski definition) is 3. The van der Waals surface area contributed by atoms with Gasteiger partial charge in [0.25, 0.3) is 7.52 Å². The maximum Gasteiger partial charge on any atom is 0.331 e. The summed E-state index contributed by atoms with van der Waals surface area (Å²) in [6.45, 7) is 1.25. The van der Waals surface area contributed by atoms with Gasteiger partial charge >= 0.3 is 5.97 Å². The standard InChI is InChI=1S/C5H10NO4P/c1-4(5(7)8)3-11(9,10)6-2/h3H,1-2H3,(H,7,8)(H2,6,9,10). The second kappa shape index (κ2) is 3.67. The van der Waals surface area contributed by atoms with Gasteiger partial charge in [-0.05, 0) is 14.0 Å². The summed E-state index contributed by atoms with van der Waals surface area (Å²) in [6, 6.07) is 0. The van der Waals surface area contributed by atoms with Crippen LogP contribution in [0.5, 0.6) is 0 Å². The van der Waals surface area contributed by atoms with Gasteiger partial charge in [0.05, 0.1) is 0 Å². The zero-order valence-corrected chi connectivity index (χ0v) is 7.13. The van der Waals surface area contributed by atoms with Crippen LogP contribution < -0.4 is 5.09 Å². The molecule has 11 heavy (non-hydrogen) atoms. The minimum atomic E-state index is -3.58. The number of hydrogen-bond acceptors (Lipinski definition) is 2. The highest BCUT2D eigenvalue weighted by Gasteiger charge is 2.13. The largest absolute Gasteiger partial charge is 0.478 e. The zero-order valence-electron chi connectivity index (χ0n) is 6.24. The monoisotopic (exact) mass is 179 g/mol. The van der Waals surface area contributed by atoms with Crippen LogP contribution in [0.1, 0.15) is 6.92 Å². The van der Waals surface area contributed by atoms with Crippen LogP contribution >= 0.6 is 7.52 Å². The van der Waals surface area contributed by atoms with E-state index in [0.717, 1.165) is 5.82 Å². The molecule has 0 fully saturated rings. The van der Waals surface area contributed by atoms with Crippen molar-refractivity contribution in [1.29, 1.82) is 0 Å². The molecule has 1 unspecified atom stereocenters. The summed E-state index contributed by atoms with van der Waals surface area (Å²) in [7, 11) is -2.29. The van der Waals surface area contributed by atoms with Crippen LogP contribution in [0.3, 0.4) is 0 Å². The van der Waals surface area contributed by atoms with Gasteiger partial charge in [-0.1, -0.05) is 0 Å². The minimum Gasteiger partial charge on any atom is -0.478 e. The molecule has 6 heteroatoms. The van der Waals surface area contributed by atoms with Crippen LogP contribution in [0, 0.1) is 0 Å². The number of nitrogens with one attached hydrogen (secondary N) is 1. The second-order valence-corrected chi connectivity index (χ2v) is 3.92. The van der Waals surface area contributed by atoms with Gasteiger partial charge in [0.15, 0.2) is 0 Å². The van der Waals surface area contributed by atoms with Crippen molar-refractivity contribution in [3.05, 3.63) is 11.4 Å². The molecule has 0 aliphatic rings. The van der Waals surface area contributed by atoms with E-state index in [1.807, 2.05) is 0 Å². The maximum atomic E-state index is 10.8. The summed E-state index contributed by atoms with van der Waals surface area (Å²) >= 11 is 0. The lowest BCUT2D eigenvalue weighted by Gasteiger charge is -2.03. The lowest BCUT2D eigenvalue weighted by molar-refractivity contribution is -0.132. The third kappa shape index (κ3) is 3.93. The summed E-state index contributed by atoms with van der Waals surface area (Å²) in [4.78, 5) is 19.0. The van der Waals surface area contributed by atoms with Crippen molar-refractivity contribution in [3.63, 3.8) is 0 Å². The SMILES string of the molecule is CNP(=O)(O)C=C(C)C(=O)O. The molecule has 5 nitrogen and oxygen atoms in total. The molecule has 0 heterocycles. The van der Waals surface area contributed by atoms with Crippen LogP contribution in [-0.2, 0) is 9.36 Å². The molecule has 3 N–H and O–H groups in total. The molecule has 0 aliphatic carbocycles. The molecule has 0 rings (SSSR count). The predicted molar refractivity (Wildman–Crippen MR) is 40.3 cm³/mol. The van der Waals surface area contributed by atoms with Gasteiger partial charge < -0.3 is 10.00 Å². The Morgan fingerprint density at radius 1 is 1.64 bits per heavy atom. The quantitative estimate of drug-likeness (QED) is 0.430. The van der Waals surface area contributed by atoms with E-state index in [0.29, 0.717) is 0 Å².